The van der Waals surface area contributed by atoms with Gasteiger partial charge in [0, 0.05) is 12.4 Å². The molecular formula is C8H6N4O. The second kappa shape index (κ2) is 3.14. The van der Waals surface area contributed by atoms with Crippen LogP contribution in [0.25, 0.3) is 11.6 Å². The molecule has 0 spiro atoms. The summed E-state index contributed by atoms with van der Waals surface area (Å²) >= 11 is 0. The highest BCUT2D eigenvalue weighted by molar-refractivity contribution is 5.72. The van der Waals surface area contributed by atoms with Crippen molar-refractivity contribution in [1.82, 2.24) is 19.9 Å². The highest BCUT2D eigenvalue weighted by Gasteiger charge is 2.03. The molecule has 0 aliphatic rings. The number of hydrogen-bond acceptors (Lipinski definition) is 4. The lowest BCUT2D eigenvalue weighted by atomic mass is 10.5. The summed E-state index contributed by atoms with van der Waals surface area (Å²) in [6.07, 6.45) is 5.37. The molecule has 1 N–H and O–H groups in total. The molecule has 0 fully saturated rings. The van der Waals surface area contributed by atoms with E-state index in [-0.39, 0.29) is 0 Å². The van der Waals surface area contributed by atoms with Crippen molar-refractivity contribution >= 4 is 6.29 Å². The van der Waals surface area contributed by atoms with Gasteiger partial charge >= 0.3 is 0 Å². The van der Waals surface area contributed by atoms with E-state index in [0.717, 1.165) is 0 Å². The summed E-state index contributed by atoms with van der Waals surface area (Å²) < 4.78 is 0. The van der Waals surface area contributed by atoms with Crippen molar-refractivity contribution in [2.45, 2.75) is 0 Å². The van der Waals surface area contributed by atoms with E-state index >= 15 is 0 Å². The van der Waals surface area contributed by atoms with E-state index in [2.05, 4.69) is 19.9 Å². The molecule has 2 aromatic rings. The first-order chi connectivity index (χ1) is 6.40. The van der Waals surface area contributed by atoms with E-state index in [1.807, 2.05) is 0 Å². The van der Waals surface area contributed by atoms with Crippen molar-refractivity contribution in [2.24, 2.45) is 0 Å². The molecule has 0 aliphatic carbocycles. The number of nitrogens with one attached hydrogen (secondary N) is 1. The number of imidazole rings is 1. The highest BCUT2D eigenvalue weighted by Crippen LogP contribution is 2.07. The van der Waals surface area contributed by atoms with Gasteiger partial charge in [0.2, 0.25) is 0 Å². The Morgan fingerprint density at radius 2 is 2.00 bits per heavy atom. The fourth-order valence-electron chi connectivity index (χ4n) is 0.930. The van der Waals surface area contributed by atoms with E-state index < -0.39 is 0 Å². The van der Waals surface area contributed by atoms with Crippen LogP contribution < -0.4 is 0 Å². The molecule has 5 nitrogen and oxygen atoms in total. The van der Waals surface area contributed by atoms with Gasteiger partial charge in [0.05, 0.1) is 11.9 Å². The van der Waals surface area contributed by atoms with Crippen LogP contribution in [0.4, 0.5) is 0 Å². The van der Waals surface area contributed by atoms with Crippen molar-refractivity contribution in [3.63, 3.8) is 0 Å². The van der Waals surface area contributed by atoms with Gasteiger partial charge in [-0.1, -0.05) is 0 Å². The number of aromatic amines is 1. The van der Waals surface area contributed by atoms with E-state index in [1.54, 1.807) is 18.5 Å². The number of aromatic nitrogens is 4. The predicted molar refractivity (Wildman–Crippen MR) is 45.0 cm³/mol. The van der Waals surface area contributed by atoms with Gasteiger partial charge in [0.15, 0.2) is 17.9 Å². The minimum atomic E-state index is 0.419. The molecule has 13 heavy (non-hydrogen) atoms. The summed E-state index contributed by atoms with van der Waals surface area (Å²) in [5.41, 5.74) is 0.419. The molecule has 0 bridgehead atoms. The molecule has 2 heterocycles. The van der Waals surface area contributed by atoms with Crippen LogP contribution in [0.2, 0.25) is 0 Å². The molecule has 0 amide bonds. The van der Waals surface area contributed by atoms with Crippen LogP contribution in [0.5, 0.6) is 0 Å². The summed E-state index contributed by atoms with van der Waals surface area (Å²) in [6, 6.07) is 1.72. The van der Waals surface area contributed by atoms with Crippen molar-refractivity contribution in [1.29, 1.82) is 0 Å². The van der Waals surface area contributed by atoms with E-state index in [0.29, 0.717) is 23.6 Å². The summed E-state index contributed by atoms with van der Waals surface area (Å²) in [5.74, 6) is 0.985. The van der Waals surface area contributed by atoms with Gasteiger partial charge < -0.3 is 4.98 Å². The third-order valence-electron chi connectivity index (χ3n) is 1.50. The molecule has 0 radical (unpaired) electrons. The average Bonchev–Trinajstić information content (AvgIpc) is 2.67. The quantitative estimate of drug-likeness (QED) is 0.679. The van der Waals surface area contributed by atoms with Crippen molar-refractivity contribution in [2.75, 3.05) is 0 Å². The topological polar surface area (TPSA) is 71.5 Å². The van der Waals surface area contributed by atoms with E-state index in [4.69, 9.17) is 0 Å². The van der Waals surface area contributed by atoms with E-state index in [9.17, 15) is 4.79 Å². The van der Waals surface area contributed by atoms with Crippen molar-refractivity contribution in [3.8, 4) is 11.6 Å². The molecule has 5 heteroatoms. The number of aldehydes is 1. The first kappa shape index (κ1) is 7.60. The van der Waals surface area contributed by atoms with Gasteiger partial charge in [0.25, 0.3) is 0 Å². The number of hydrogen-bond donors (Lipinski definition) is 1. The molecule has 0 aliphatic heterocycles. The van der Waals surface area contributed by atoms with E-state index in [1.165, 1.54) is 6.20 Å². The summed E-state index contributed by atoms with van der Waals surface area (Å²) in [6.45, 7) is 0. The molecule has 64 valence electrons. The van der Waals surface area contributed by atoms with Crippen LogP contribution in [0.1, 0.15) is 10.5 Å². The molecule has 0 aromatic carbocycles. The number of nitrogens with zero attached hydrogens (tertiary/aromatic N) is 3. The smallest absolute Gasteiger partial charge is 0.195 e. The number of H-pyrrole nitrogens is 1. The zero-order valence-electron chi connectivity index (χ0n) is 6.64. The standard InChI is InChI=1S/C8H6N4O/c13-5-6-4-11-8(12-6)7-9-2-1-3-10-7/h1-5H,(H,11,12). The Balaban J connectivity index is 2.41. The van der Waals surface area contributed by atoms with Gasteiger partial charge in [-0.25, -0.2) is 15.0 Å². The van der Waals surface area contributed by atoms with Crippen LogP contribution in [0, 0.1) is 0 Å². The maximum Gasteiger partial charge on any atom is 0.195 e. The SMILES string of the molecule is O=Cc1cnc(-c2ncccn2)[nH]1. The fourth-order valence-corrected chi connectivity index (χ4v) is 0.930. The number of carbonyl (C=O) groups is 1. The lowest BCUT2D eigenvalue weighted by molar-refractivity contribution is 0.111. The molecule has 0 unspecified atom stereocenters. The second-order valence-electron chi connectivity index (χ2n) is 2.38. The number of rotatable bonds is 2. The van der Waals surface area contributed by atoms with Gasteiger partial charge in [-0.05, 0) is 6.07 Å². The largest absolute Gasteiger partial charge is 0.333 e. The molecule has 0 saturated heterocycles. The lowest BCUT2D eigenvalue weighted by Crippen LogP contribution is -1.88. The molecule has 0 atom stereocenters. The lowest BCUT2D eigenvalue weighted by Gasteiger charge is -1.91. The first-order valence-corrected chi connectivity index (χ1v) is 3.68. The molecule has 2 aromatic heterocycles. The van der Waals surface area contributed by atoms with Crippen LogP contribution in [0.3, 0.4) is 0 Å². The summed E-state index contributed by atoms with van der Waals surface area (Å²) in [4.78, 5) is 25.0. The van der Waals surface area contributed by atoms with Gasteiger partial charge in [0.1, 0.15) is 0 Å². The Hall–Kier alpha value is -2.04. The monoisotopic (exact) mass is 174 g/mol. The Labute approximate surface area is 73.9 Å². The Morgan fingerprint density at radius 3 is 2.62 bits per heavy atom. The predicted octanol–water partition coefficient (Wildman–Crippen LogP) is 0.679. The zero-order valence-corrected chi connectivity index (χ0v) is 6.64. The number of carbonyl (C=O) groups excluding carboxylic acids is 1. The minimum absolute atomic E-state index is 0.419. The normalized spacial score (nSPS) is 9.85. The fraction of sp³-hybridized carbons (Fsp3) is 0. The van der Waals surface area contributed by atoms with Crippen molar-refractivity contribution in [3.05, 3.63) is 30.4 Å². The Bertz CT molecular complexity index is 409. The third kappa shape index (κ3) is 1.44. The van der Waals surface area contributed by atoms with Crippen LogP contribution in [-0.4, -0.2) is 26.2 Å². The van der Waals surface area contributed by atoms with Gasteiger partial charge in [-0.2, -0.15) is 0 Å². The average molecular weight is 174 g/mol. The third-order valence-corrected chi connectivity index (χ3v) is 1.50. The second-order valence-corrected chi connectivity index (χ2v) is 2.38. The maximum absolute atomic E-state index is 10.3. The molecule has 2 rings (SSSR count). The zero-order chi connectivity index (χ0) is 9.10. The summed E-state index contributed by atoms with van der Waals surface area (Å²) in [5, 5.41) is 0. The highest BCUT2D eigenvalue weighted by atomic mass is 16.1. The van der Waals surface area contributed by atoms with Crippen LogP contribution >= 0.6 is 0 Å². The minimum Gasteiger partial charge on any atom is -0.333 e. The summed E-state index contributed by atoms with van der Waals surface area (Å²) in [7, 11) is 0. The van der Waals surface area contributed by atoms with Crippen LogP contribution in [0.15, 0.2) is 24.7 Å². The Kier molecular flexibility index (Phi) is 1.84. The molecule has 0 saturated carbocycles. The molecular weight excluding hydrogens is 168 g/mol. The first-order valence-electron chi connectivity index (χ1n) is 3.68. The van der Waals surface area contributed by atoms with Gasteiger partial charge in [-0.3, -0.25) is 4.79 Å². The van der Waals surface area contributed by atoms with Crippen molar-refractivity contribution < 1.29 is 4.79 Å². The Morgan fingerprint density at radius 1 is 1.23 bits per heavy atom. The van der Waals surface area contributed by atoms with Gasteiger partial charge in [-0.15, -0.1) is 0 Å². The maximum atomic E-state index is 10.3. The van der Waals surface area contributed by atoms with Crippen LogP contribution in [-0.2, 0) is 0 Å².